The molecule has 0 saturated heterocycles. The second-order valence-corrected chi connectivity index (χ2v) is 4.84. The maximum atomic E-state index is 12.1. The molecule has 1 heterocycles. The number of esters is 1. The van der Waals surface area contributed by atoms with Crippen LogP contribution in [0.1, 0.15) is 41.4 Å². The average molecular weight is 279 g/mol. The normalized spacial score (nSPS) is 13.7. The molecule has 1 aromatic heterocycles. The van der Waals surface area contributed by atoms with Crippen LogP contribution in [-0.2, 0) is 22.4 Å². The Bertz CT molecular complexity index is 508. The van der Waals surface area contributed by atoms with Gasteiger partial charge in [0.25, 0.3) is 0 Å². The van der Waals surface area contributed by atoms with E-state index >= 15 is 0 Å². The number of nitrogens with one attached hydrogen (secondary N) is 3. The number of hydrogen-bond donors (Lipinski definition) is 3. The zero-order chi connectivity index (χ0) is 14.5. The summed E-state index contributed by atoms with van der Waals surface area (Å²) in [6.45, 7) is 2.30. The van der Waals surface area contributed by atoms with Crippen LogP contribution in [0, 0.1) is 0 Å². The predicted octanol–water partition coefficient (Wildman–Crippen LogP) is 1.23. The SMILES string of the molecule is CCOC(=O)c1c(NC(=O)CNC)[nH]c2c1CCCC2. The summed E-state index contributed by atoms with van der Waals surface area (Å²) in [4.78, 5) is 27.0. The van der Waals surface area contributed by atoms with Gasteiger partial charge in [-0.25, -0.2) is 4.79 Å². The topological polar surface area (TPSA) is 83.2 Å². The number of carbonyl (C=O) groups excluding carboxylic acids is 2. The molecule has 0 radical (unpaired) electrons. The average Bonchev–Trinajstić information content (AvgIpc) is 2.76. The number of aromatic nitrogens is 1. The molecule has 0 spiro atoms. The van der Waals surface area contributed by atoms with Crippen molar-refractivity contribution in [3.8, 4) is 0 Å². The van der Waals surface area contributed by atoms with Crippen molar-refractivity contribution in [2.45, 2.75) is 32.6 Å². The molecular formula is C14H21N3O3. The van der Waals surface area contributed by atoms with E-state index in [9.17, 15) is 9.59 Å². The summed E-state index contributed by atoms with van der Waals surface area (Å²) >= 11 is 0. The van der Waals surface area contributed by atoms with E-state index in [4.69, 9.17) is 4.74 Å². The van der Waals surface area contributed by atoms with Crippen LogP contribution in [0.3, 0.4) is 0 Å². The summed E-state index contributed by atoms with van der Waals surface area (Å²) < 4.78 is 5.11. The van der Waals surface area contributed by atoms with Crippen LogP contribution in [0.25, 0.3) is 0 Å². The number of amides is 1. The Balaban J connectivity index is 2.31. The van der Waals surface area contributed by atoms with Gasteiger partial charge < -0.3 is 20.4 Å². The fraction of sp³-hybridized carbons (Fsp3) is 0.571. The number of aryl methyl sites for hydroxylation is 1. The quantitative estimate of drug-likeness (QED) is 0.708. The van der Waals surface area contributed by atoms with Crippen molar-refractivity contribution < 1.29 is 14.3 Å². The molecule has 6 nitrogen and oxygen atoms in total. The van der Waals surface area contributed by atoms with Crippen molar-refractivity contribution in [3.63, 3.8) is 0 Å². The van der Waals surface area contributed by atoms with Crippen molar-refractivity contribution in [1.29, 1.82) is 0 Å². The van der Waals surface area contributed by atoms with E-state index in [2.05, 4.69) is 15.6 Å². The van der Waals surface area contributed by atoms with Gasteiger partial charge in [-0.05, 0) is 45.2 Å². The monoisotopic (exact) mass is 279 g/mol. The molecule has 1 amide bonds. The number of likely N-dealkylation sites (N-methyl/N-ethyl adjacent to an activating group) is 1. The minimum absolute atomic E-state index is 0.184. The molecular weight excluding hydrogens is 258 g/mol. The van der Waals surface area contributed by atoms with Gasteiger partial charge in [0.15, 0.2) is 0 Å². The summed E-state index contributed by atoms with van der Waals surface area (Å²) in [6.07, 6.45) is 3.91. The molecule has 1 aromatic rings. The highest BCUT2D eigenvalue weighted by molar-refractivity contribution is 6.02. The van der Waals surface area contributed by atoms with E-state index in [0.29, 0.717) is 18.0 Å². The molecule has 0 atom stereocenters. The largest absolute Gasteiger partial charge is 0.462 e. The van der Waals surface area contributed by atoms with Gasteiger partial charge in [0.05, 0.1) is 13.2 Å². The molecule has 0 saturated carbocycles. The van der Waals surface area contributed by atoms with Crippen LogP contribution in [0.5, 0.6) is 0 Å². The third-order valence-electron chi connectivity index (χ3n) is 3.38. The highest BCUT2D eigenvalue weighted by Gasteiger charge is 2.26. The van der Waals surface area contributed by atoms with Gasteiger partial charge in [-0.15, -0.1) is 0 Å². The van der Waals surface area contributed by atoms with Gasteiger partial charge in [0, 0.05) is 5.69 Å². The molecule has 110 valence electrons. The molecule has 1 aliphatic carbocycles. The number of fused-ring (bicyclic) bond motifs is 1. The lowest BCUT2D eigenvalue weighted by Gasteiger charge is -2.12. The maximum Gasteiger partial charge on any atom is 0.342 e. The zero-order valence-corrected chi connectivity index (χ0v) is 12.0. The molecule has 2 rings (SSSR count). The van der Waals surface area contributed by atoms with Gasteiger partial charge in [0.2, 0.25) is 5.91 Å². The number of hydrogen-bond acceptors (Lipinski definition) is 4. The third-order valence-corrected chi connectivity index (χ3v) is 3.38. The number of carbonyl (C=O) groups is 2. The first-order valence-electron chi connectivity index (χ1n) is 7.02. The molecule has 1 aliphatic rings. The second-order valence-electron chi connectivity index (χ2n) is 4.84. The van der Waals surface area contributed by atoms with Gasteiger partial charge in [-0.2, -0.15) is 0 Å². The molecule has 0 fully saturated rings. The lowest BCUT2D eigenvalue weighted by molar-refractivity contribution is -0.115. The van der Waals surface area contributed by atoms with Crippen molar-refractivity contribution >= 4 is 17.7 Å². The minimum Gasteiger partial charge on any atom is -0.462 e. The van der Waals surface area contributed by atoms with E-state index in [-0.39, 0.29) is 18.4 Å². The maximum absolute atomic E-state index is 12.1. The number of H-pyrrole nitrogens is 1. The Kier molecular flexibility index (Phi) is 4.79. The van der Waals surface area contributed by atoms with Crippen LogP contribution in [0.4, 0.5) is 5.82 Å². The second kappa shape index (κ2) is 6.56. The Labute approximate surface area is 118 Å². The van der Waals surface area contributed by atoms with Gasteiger partial charge in [0.1, 0.15) is 11.4 Å². The zero-order valence-electron chi connectivity index (χ0n) is 12.0. The fourth-order valence-corrected chi connectivity index (χ4v) is 2.55. The van der Waals surface area contributed by atoms with Crippen molar-refractivity contribution in [2.75, 3.05) is 25.5 Å². The van der Waals surface area contributed by atoms with Crippen LogP contribution < -0.4 is 10.6 Å². The van der Waals surface area contributed by atoms with Crippen molar-refractivity contribution in [3.05, 3.63) is 16.8 Å². The molecule has 0 unspecified atom stereocenters. The Morgan fingerprint density at radius 1 is 1.30 bits per heavy atom. The smallest absolute Gasteiger partial charge is 0.342 e. The molecule has 3 N–H and O–H groups in total. The number of aromatic amines is 1. The molecule has 0 bridgehead atoms. The molecule has 0 aliphatic heterocycles. The van der Waals surface area contributed by atoms with Crippen molar-refractivity contribution in [1.82, 2.24) is 10.3 Å². The van der Waals surface area contributed by atoms with Crippen LogP contribution in [0.2, 0.25) is 0 Å². The highest BCUT2D eigenvalue weighted by atomic mass is 16.5. The third kappa shape index (κ3) is 3.01. The molecule has 0 aromatic carbocycles. The fourth-order valence-electron chi connectivity index (χ4n) is 2.55. The molecule has 6 heteroatoms. The van der Waals surface area contributed by atoms with Crippen LogP contribution in [-0.4, -0.2) is 37.1 Å². The Hall–Kier alpha value is -1.82. The lowest BCUT2D eigenvalue weighted by atomic mass is 9.95. The van der Waals surface area contributed by atoms with Gasteiger partial charge >= 0.3 is 5.97 Å². The minimum atomic E-state index is -0.369. The summed E-state index contributed by atoms with van der Waals surface area (Å²) in [5.74, 6) is -0.0843. The number of anilines is 1. The predicted molar refractivity (Wildman–Crippen MR) is 75.9 cm³/mol. The van der Waals surface area contributed by atoms with E-state index in [1.165, 1.54) is 0 Å². The Morgan fingerprint density at radius 3 is 2.75 bits per heavy atom. The standard InChI is InChI=1S/C14H21N3O3/c1-3-20-14(19)12-9-6-4-5-7-10(9)16-13(12)17-11(18)8-15-2/h15-16H,3-8H2,1-2H3,(H,17,18). The Morgan fingerprint density at radius 2 is 2.05 bits per heavy atom. The summed E-state index contributed by atoms with van der Waals surface area (Å²) in [6, 6.07) is 0. The van der Waals surface area contributed by atoms with E-state index in [0.717, 1.165) is 36.9 Å². The summed E-state index contributed by atoms with van der Waals surface area (Å²) in [7, 11) is 1.70. The molecule has 20 heavy (non-hydrogen) atoms. The highest BCUT2D eigenvalue weighted by Crippen LogP contribution is 2.30. The van der Waals surface area contributed by atoms with Crippen LogP contribution >= 0.6 is 0 Å². The number of rotatable bonds is 5. The van der Waals surface area contributed by atoms with Gasteiger partial charge in [-0.1, -0.05) is 0 Å². The first-order chi connectivity index (χ1) is 9.67. The van der Waals surface area contributed by atoms with E-state index in [1.54, 1.807) is 14.0 Å². The number of ether oxygens (including phenoxy) is 1. The first-order valence-corrected chi connectivity index (χ1v) is 7.02. The van der Waals surface area contributed by atoms with E-state index < -0.39 is 0 Å². The van der Waals surface area contributed by atoms with E-state index in [1.807, 2.05) is 0 Å². The lowest BCUT2D eigenvalue weighted by Crippen LogP contribution is -2.26. The first kappa shape index (κ1) is 14.6. The summed E-state index contributed by atoms with van der Waals surface area (Å²) in [5.41, 5.74) is 2.53. The van der Waals surface area contributed by atoms with Crippen molar-refractivity contribution in [2.24, 2.45) is 0 Å². The summed E-state index contributed by atoms with van der Waals surface area (Å²) in [5, 5.41) is 5.53. The van der Waals surface area contributed by atoms with Gasteiger partial charge in [-0.3, -0.25) is 4.79 Å². The van der Waals surface area contributed by atoms with Crippen LogP contribution in [0.15, 0.2) is 0 Å².